The number of ether oxygens (including phenoxy) is 1. The van der Waals surface area contributed by atoms with Gasteiger partial charge in [0, 0.05) is 18.8 Å². The predicted molar refractivity (Wildman–Crippen MR) is 81.4 cm³/mol. The largest absolute Gasteiger partial charge is 0.383 e. The van der Waals surface area contributed by atoms with E-state index in [1.807, 2.05) is 0 Å². The molecule has 1 aromatic rings. The lowest BCUT2D eigenvalue weighted by Gasteiger charge is -2.13. The third-order valence-corrected chi connectivity index (χ3v) is 3.10. The average Bonchev–Trinajstić information content (AvgIpc) is 2.33. The minimum Gasteiger partial charge on any atom is -0.383 e. The number of nitrogens with one attached hydrogen (secondary N) is 1. The normalized spacial score (nSPS) is 10.4. The molecule has 0 saturated carbocycles. The molecule has 0 bridgehead atoms. The van der Waals surface area contributed by atoms with Crippen LogP contribution in [0.2, 0.25) is 6.82 Å². The molecule has 1 rings (SSSR count). The van der Waals surface area contributed by atoms with E-state index in [9.17, 15) is 0 Å². The van der Waals surface area contributed by atoms with Crippen molar-refractivity contribution in [2.24, 2.45) is 0 Å². The monoisotopic (exact) mass is 246 g/mol. The lowest BCUT2D eigenvalue weighted by molar-refractivity contribution is 0.141. The van der Waals surface area contributed by atoms with Crippen LogP contribution in [0.4, 0.5) is 5.69 Å². The minimum atomic E-state index is 0.778. The fourth-order valence-corrected chi connectivity index (χ4v) is 2.15. The van der Waals surface area contributed by atoms with E-state index < -0.39 is 0 Å². The lowest BCUT2D eigenvalue weighted by atomic mass is 9.69. The SMILES string of the molecule is C[B]c1c(C)cc(NCCOCCCC)cc1C. The van der Waals surface area contributed by atoms with E-state index in [0.29, 0.717) is 0 Å². The van der Waals surface area contributed by atoms with Gasteiger partial charge in [0.25, 0.3) is 0 Å². The minimum absolute atomic E-state index is 0.778. The fraction of sp³-hybridized carbons (Fsp3) is 0.600. The highest BCUT2D eigenvalue weighted by molar-refractivity contribution is 6.53. The Bertz CT molecular complexity index is 343. The first-order valence-electron chi connectivity index (χ1n) is 6.91. The smallest absolute Gasteiger partial charge is 0.148 e. The van der Waals surface area contributed by atoms with E-state index in [0.717, 1.165) is 26.2 Å². The summed E-state index contributed by atoms with van der Waals surface area (Å²) in [6.07, 6.45) is 2.35. The van der Waals surface area contributed by atoms with Crippen LogP contribution in [0, 0.1) is 13.8 Å². The van der Waals surface area contributed by atoms with E-state index in [1.54, 1.807) is 0 Å². The molecule has 1 N–H and O–H groups in total. The molecule has 1 aromatic carbocycles. The maximum Gasteiger partial charge on any atom is 0.148 e. The van der Waals surface area contributed by atoms with Crippen molar-refractivity contribution >= 4 is 18.4 Å². The van der Waals surface area contributed by atoms with Gasteiger partial charge in [0.1, 0.15) is 7.28 Å². The Balaban J connectivity index is 2.39. The Hall–Kier alpha value is -0.955. The maximum absolute atomic E-state index is 5.53. The molecule has 18 heavy (non-hydrogen) atoms. The highest BCUT2D eigenvalue weighted by Gasteiger charge is 2.03. The third-order valence-electron chi connectivity index (χ3n) is 3.10. The molecule has 1 radical (unpaired) electrons. The zero-order valence-corrected chi connectivity index (χ0v) is 12.2. The second-order valence-corrected chi connectivity index (χ2v) is 4.71. The Morgan fingerprint density at radius 3 is 2.39 bits per heavy atom. The van der Waals surface area contributed by atoms with Gasteiger partial charge in [-0.15, -0.1) is 0 Å². The van der Waals surface area contributed by atoms with E-state index in [4.69, 9.17) is 4.74 Å². The Kier molecular flexibility index (Phi) is 6.88. The second kappa shape index (κ2) is 8.20. The topological polar surface area (TPSA) is 21.3 Å². The molecule has 3 heteroatoms. The molecule has 0 spiro atoms. The second-order valence-electron chi connectivity index (χ2n) is 4.71. The van der Waals surface area contributed by atoms with E-state index in [-0.39, 0.29) is 0 Å². The molecule has 0 fully saturated rings. The summed E-state index contributed by atoms with van der Waals surface area (Å²) in [7, 11) is 2.17. The van der Waals surface area contributed by atoms with Crippen molar-refractivity contribution < 1.29 is 4.74 Å². The van der Waals surface area contributed by atoms with E-state index in [2.05, 4.69) is 52.3 Å². The van der Waals surface area contributed by atoms with Gasteiger partial charge < -0.3 is 10.1 Å². The van der Waals surface area contributed by atoms with Crippen LogP contribution in [0.15, 0.2) is 12.1 Å². The molecule has 0 heterocycles. The van der Waals surface area contributed by atoms with Gasteiger partial charge in [-0.25, -0.2) is 0 Å². The molecule has 0 saturated heterocycles. The molecule has 0 aliphatic rings. The number of benzene rings is 1. The Morgan fingerprint density at radius 1 is 1.17 bits per heavy atom. The number of unbranched alkanes of at least 4 members (excludes halogenated alkanes) is 1. The number of hydrogen-bond donors (Lipinski definition) is 1. The number of rotatable bonds is 8. The predicted octanol–water partition coefficient (Wildman–Crippen LogP) is 2.91. The molecular formula is C15H25BNO. The van der Waals surface area contributed by atoms with Gasteiger partial charge in [-0.3, -0.25) is 0 Å². The summed E-state index contributed by atoms with van der Waals surface area (Å²) in [5.74, 6) is 0. The van der Waals surface area contributed by atoms with E-state index >= 15 is 0 Å². The van der Waals surface area contributed by atoms with Crippen molar-refractivity contribution in [3.63, 3.8) is 0 Å². The molecule has 0 aliphatic heterocycles. The molecule has 99 valence electrons. The van der Waals surface area contributed by atoms with Crippen LogP contribution in [0.3, 0.4) is 0 Å². The van der Waals surface area contributed by atoms with Crippen LogP contribution in [0.25, 0.3) is 0 Å². The summed E-state index contributed by atoms with van der Waals surface area (Å²) in [5, 5.41) is 3.42. The Labute approximate surface area is 112 Å². The van der Waals surface area contributed by atoms with Crippen LogP contribution in [0.1, 0.15) is 30.9 Å². The van der Waals surface area contributed by atoms with Crippen LogP contribution in [-0.2, 0) is 4.74 Å². The van der Waals surface area contributed by atoms with Crippen molar-refractivity contribution in [1.29, 1.82) is 0 Å². The summed E-state index contributed by atoms with van der Waals surface area (Å²) >= 11 is 0. The van der Waals surface area contributed by atoms with Crippen LogP contribution in [0.5, 0.6) is 0 Å². The number of hydrogen-bond acceptors (Lipinski definition) is 2. The number of anilines is 1. The maximum atomic E-state index is 5.53. The van der Waals surface area contributed by atoms with E-state index in [1.165, 1.54) is 28.7 Å². The van der Waals surface area contributed by atoms with Crippen LogP contribution >= 0.6 is 0 Å². The molecule has 0 amide bonds. The van der Waals surface area contributed by atoms with Crippen molar-refractivity contribution in [3.05, 3.63) is 23.3 Å². The first-order chi connectivity index (χ1) is 8.69. The quantitative estimate of drug-likeness (QED) is 0.562. The molecule has 0 atom stereocenters. The van der Waals surface area contributed by atoms with Crippen LogP contribution < -0.4 is 10.8 Å². The summed E-state index contributed by atoms with van der Waals surface area (Å²) in [6.45, 7) is 11.1. The third kappa shape index (κ3) is 4.73. The van der Waals surface area contributed by atoms with Crippen LogP contribution in [-0.4, -0.2) is 27.0 Å². The van der Waals surface area contributed by atoms with Gasteiger partial charge >= 0.3 is 0 Å². The van der Waals surface area contributed by atoms with Crippen molar-refractivity contribution in [3.8, 4) is 0 Å². The molecule has 0 unspecified atom stereocenters. The first-order valence-corrected chi connectivity index (χ1v) is 6.91. The molecular weight excluding hydrogens is 221 g/mol. The highest BCUT2D eigenvalue weighted by Crippen LogP contribution is 2.11. The van der Waals surface area contributed by atoms with Gasteiger partial charge in [-0.05, 0) is 32.4 Å². The fourth-order valence-electron chi connectivity index (χ4n) is 2.15. The standard InChI is InChI=1S/C15H25BNO/c1-5-6-8-18-9-7-17-14-10-12(2)15(16-4)13(3)11-14/h10-11,17H,5-9H2,1-4H3. The average molecular weight is 246 g/mol. The van der Waals surface area contributed by atoms with Gasteiger partial charge in [0.15, 0.2) is 0 Å². The molecule has 0 aliphatic carbocycles. The summed E-state index contributed by atoms with van der Waals surface area (Å²) in [4.78, 5) is 0. The van der Waals surface area contributed by atoms with Gasteiger partial charge in [-0.1, -0.05) is 36.8 Å². The van der Waals surface area contributed by atoms with Gasteiger partial charge in [0.2, 0.25) is 0 Å². The Morgan fingerprint density at radius 2 is 1.83 bits per heavy atom. The van der Waals surface area contributed by atoms with Crippen molar-refractivity contribution in [2.75, 3.05) is 25.1 Å². The molecule has 0 aromatic heterocycles. The summed E-state index contributed by atoms with van der Waals surface area (Å²) < 4.78 is 5.53. The highest BCUT2D eigenvalue weighted by atomic mass is 16.5. The summed E-state index contributed by atoms with van der Waals surface area (Å²) in [5.41, 5.74) is 5.19. The van der Waals surface area contributed by atoms with Crippen molar-refractivity contribution in [2.45, 2.75) is 40.4 Å². The van der Waals surface area contributed by atoms with Gasteiger partial charge in [0.05, 0.1) is 6.61 Å². The van der Waals surface area contributed by atoms with Gasteiger partial charge in [-0.2, -0.15) is 0 Å². The molecule has 2 nitrogen and oxygen atoms in total. The zero-order valence-electron chi connectivity index (χ0n) is 12.2. The van der Waals surface area contributed by atoms with Crippen molar-refractivity contribution in [1.82, 2.24) is 0 Å². The zero-order chi connectivity index (χ0) is 13.4. The lowest BCUT2D eigenvalue weighted by Crippen LogP contribution is -2.19. The summed E-state index contributed by atoms with van der Waals surface area (Å²) in [6, 6.07) is 4.41. The number of aryl methyl sites for hydroxylation is 2. The first kappa shape index (κ1) is 15.1.